The first-order valence-corrected chi connectivity index (χ1v) is 6.69. The molecule has 6 heteroatoms. The Morgan fingerprint density at radius 3 is 2.45 bits per heavy atom. The van der Waals surface area contributed by atoms with Crippen LogP contribution < -0.4 is 5.32 Å². The lowest BCUT2D eigenvalue weighted by Gasteiger charge is -2.14. The van der Waals surface area contributed by atoms with Crippen LogP contribution in [0.1, 0.15) is 32.1 Å². The van der Waals surface area contributed by atoms with E-state index in [4.69, 9.17) is 0 Å². The number of nitrogens with one attached hydrogen (secondary N) is 1. The Balaban J connectivity index is 3.54. The molecule has 0 aliphatic carbocycles. The highest BCUT2D eigenvalue weighted by Gasteiger charge is 2.04. The molecule has 0 aromatic rings. The topological polar surface area (TPSA) is 83.6 Å². The molecule has 0 saturated heterocycles. The molecule has 0 rings (SSSR count). The van der Waals surface area contributed by atoms with E-state index in [1.165, 1.54) is 12.2 Å². The van der Waals surface area contributed by atoms with Gasteiger partial charge in [-0.1, -0.05) is 12.8 Å². The van der Waals surface area contributed by atoms with E-state index in [0.29, 0.717) is 25.5 Å². The molecule has 0 spiro atoms. The fourth-order valence-electron chi connectivity index (χ4n) is 1.59. The van der Waals surface area contributed by atoms with Gasteiger partial charge in [0, 0.05) is 26.1 Å². The summed E-state index contributed by atoms with van der Waals surface area (Å²) in [6, 6.07) is 0. The standard InChI is InChI=1S/C14H22N2O4/c1-16(14(20)8-6-11-17)10-5-3-2-4-7-13(19)15-9-12-18/h6,8,11-12H,2-5,7,9-10H2,1H3,(H,15,19)/b8-6-. The van der Waals surface area contributed by atoms with E-state index in [0.717, 1.165) is 25.7 Å². The molecule has 2 amide bonds. The molecule has 0 saturated carbocycles. The average molecular weight is 282 g/mol. The fourth-order valence-corrected chi connectivity index (χ4v) is 1.59. The lowest BCUT2D eigenvalue weighted by molar-refractivity contribution is -0.125. The average Bonchev–Trinajstić information content (AvgIpc) is 2.45. The lowest BCUT2D eigenvalue weighted by atomic mass is 10.1. The van der Waals surface area contributed by atoms with Gasteiger partial charge in [0.05, 0.1) is 6.54 Å². The largest absolute Gasteiger partial charge is 0.349 e. The van der Waals surface area contributed by atoms with Gasteiger partial charge in [0.15, 0.2) is 0 Å². The minimum atomic E-state index is -0.189. The van der Waals surface area contributed by atoms with Crippen LogP contribution in [0.2, 0.25) is 0 Å². The second-order valence-electron chi connectivity index (χ2n) is 4.39. The fraction of sp³-hybridized carbons (Fsp3) is 0.571. The number of amides is 2. The van der Waals surface area contributed by atoms with Gasteiger partial charge >= 0.3 is 0 Å². The first-order chi connectivity index (χ1) is 9.61. The maximum absolute atomic E-state index is 11.4. The second kappa shape index (κ2) is 12.1. The number of hydrogen-bond donors (Lipinski definition) is 1. The number of carbonyl (C=O) groups is 4. The molecule has 0 aliphatic heterocycles. The monoisotopic (exact) mass is 282 g/mol. The summed E-state index contributed by atoms with van der Waals surface area (Å²) in [4.78, 5) is 44.3. The molecule has 0 radical (unpaired) electrons. The second-order valence-corrected chi connectivity index (χ2v) is 4.39. The van der Waals surface area contributed by atoms with Gasteiger partial charge in [-0.3, -0.25) is 14.4 Å². The summed E-state index contributed by atoms with van der Waals surface area (Å²) in [6.07, 6.45) is 7.52. The Labute approximate surface area is 119 Å². The van der Waals surface area contributed by atoms with Gasteiger partial charge in [0.25, 0.3) is 0 Å². The summed E-state index contributed by atoms with van der Waals surface area (Å²) in [5, 5.41) is 2.48. The van der Waals surface area contributed by atoms with Gasteiger partial charge in [0.2, 0.25) is 11.8 Å². The van der Waals surface area contributed by atoms with Crippen LogP contribution in [-0.2, 0) is 19.2 Å². The van der Waals surface area contributed by atoms with E-state index in [1.54, 1.807) is 11.9 Å². The first kappa shape index (κ1) is 18.0. The van der Waals surface area contributed by atoms with Crippen molar-refractivity contribution in [2.75, 3.05) is 20.1 Å². The number of unbranched alkanes of at least 4 members (excludes halogenated alkanes) is 3. The third kappa shape index (κ3) is 9.99. The SMILES string of the molecule is CN(CCCCCCC(=O)NCC=O)C(=O)/C=C\C=O. The molecule has 0 aliphatic rings. The van der Waals surface area contributed by atoms with Crippen LogP contribution in [-0.4, -0.2) is 49.4 Å². The number of rotatable bonds is 11. The third-order valence-corrected chi connectivity index (χ3v) is 2.72. The Hall–Kier alpha value is -1.98. The predicted molar refractivity (Wildman–Crippen MR) is 75.0 cm³/mol. The normalized spacial score (nSPS) is 10.2. The van der Waals surface area contributed by atoms with Crippen molar-refractivity contribution in [1.29, 1.82) is 0 Å². The maximum atomic E-state index is 11.4. The van der Waals surface area contributed by atoms with Crippen LogP contribution in [0.25, 0.3) is 0 Å². The van der Waals surface area contributed by atoms with Crippen LogP contribution in [0.15, 0.2) is 12.2 Å². The summed E-state index contributed by atoms with van der Waals surface area (Å²) in [7, 11) is 1.68. The van der Waals surface area contributed by atoms with Crippen molar-refractivity contribution in [1.82, 2.24) is 10.2 Å². The van der Waals surface area contributed by atoms with E-state index in [2.05, 4.69) is 5.32 Å². The molecule has 0 bridgehead atoms. The molecule has 0 unspecified atom stereocenters. The molecule has 112 valence electrons. The first-order valence-electron chi connectivity index (χ1n) is 6.69. The number of likely N-dealkylation sites (N-methyl/N-ethyl adjacent to an activating group) is 1. The minimum Gasteiger partial charge on any atom is -0.349 e. The van der Waals surface area contributed by atoms with Gasteiger partial charge in [-0.25, -0.2) is 0 Å². The molecular formula is C14H22N2O4. The van der Waals surface area contributed by atoms with Gasteiger partial charge < -0.3 is 15.0 Å². The zero-order chi connectivity index (χ0) is 15.2. The molecule has 6 nitrogen and oxygen atoms in total. The van der Waals surface area contributed by atoms with E-state index >= 15 is 0 Å². The Morgan fingerprint density at radius 2 is 1.80 bits per heavy atom. The molecule has 0 fully saturated rings. The molecule has 20 heavy (non-hydrogen) atoms. The van der Waals surface area contributed by atoms with Crippen LogP contribution in [0, 0.1) is 0 Å². The number of nitrogens with zero attached hydrogens (tertiary/aromatic N) is 1. The van der Waals surface area contributed by atoms with Crippen LogP contribution in [0.4, 0.5) is 0 Å². The van der Waals surface area contributed by atoms with Crippen LogP contribution in [0.3, 0.4) is 0 Å². The lowest BCUT2D eigenvalue weighted by Crippen LogP contribution is -2.26. The predicted octanol–water partition coefficient (Wildman–Crippen LogP) is 0.465. The minimum absolute atomic E-state index is 0.0695. The third-order valence-electron chi connectivity index (χ3n) is 2.72. The molecule has 0 atom stereocenters. The molecule has 0 aromatic carbocycles. The molecule has 1 N–H and O–H groups in total. The zero-order valence-corrected chi connectivity index (χ0v) is 11.8. The Morgan fingerprint density at radius 1 is 1.10 bits per heavy atom. The van der Waals surface area contributed by atoms with Crippen LogP contribution in [0.5, 0.6) is 0 Å². The number of carbonyl (C=O) groups excluding carboxylic acids is 4. The van der Waals surface area contributed by atoms with E-state index in [-0.39, 0.29) is 18.4 Å². The summed E-state index contributed by atoms with van der Waals surface area (Å²) in [6.45, 7) is 0.694. The van der Waals surface area contributed by atoms with Crippen molar-refractivity contribution in [2.45, 2.75) is 32.1 Å². The van der Waals surface area contributed by atoms with Gasteiger partial charge in [-0.05, 0) is 18.9 Å². The summed E-state index contributed by atoms with van der Waals surface area (Å²) in [5.74, 6) is -0.297. The van der Waals surface area contributed by atoms with Gasteiger partial charge in [-0.2, -0.15) is 0 Å². The highest BCUT2D eigenvalue weighted by molar-refractivity contribution is 5.90. The van der Waals surface area contributed by atoms with Crippen molar-refractivity contribution in [2.24, 2.45) is 0 Å². The zero-order valence-electron chi connectivity index (χ0n) is 11.8. The number of hydrogen-bond acceptors (Lipinski definition) is 4. The van der Waals surface area contributed by atoms with Crippen molar-refractivity contribution in [3.63, 3.8) is 0 Å². The van der Waals surface area contributed by atoms with Crippen LogP contribution >= 0.6 is 0 Å². The van der Waals surface area contributed by atoms with Crippen molar-refractivity contribution in [3.05, 3.63) is 12.2 Å². The molecular weight excluding hydrogens is 260 g/mol. The maximum Gasteiger partial charge on any atom is 0.246 e. The highest BCUT2D eigenvalue weighted by atomic mass is 16.2. The quantitative estimate of drug-likeness (QED) is 0.339. The van der Waals surface area contributed by atoms with E-state index < -0.39 is 0 Å². The molecule has 0 heterocycles. The summed E-state index contributed by atoms with van der Waals surface area (Å²) < 4.78 is 0. The smallest absolute Gasteiger partial charge is 0.246 e. The summed E-state index contributed by atoms with van der Waals surface area (Å²) >= 11 is 0. The highest BCUT2D eigenvalue weighted by Crippen LogP contribution is 2.04. The number of allylic oxidation sites excluding steroid dienone is 1. The van der Waals surface area contributed by atoms with Crippen molar-refractivity contribution in [3.8, 4) is 0 Å². The Kier molecular flexibility index (Phi) is 10.9. The number of aldehydes is 2. The molecule has 0 aromatic heterocycles. The Bertz CT molecular complexity index is 353. The van der Waals surface area contributed by atoms with Crippen molar-refractivity contribution >= 4 is 24.4 Å². The van der Waals surface area contributed by atoms with E-state index in [9.17, 15) is 19.2 Å². The van der Waals surface area contributed by atoms with Gasteiger partial charge in [0.1, 0.15) is 12.6 Å². The van der Waals surface area contributed by atoms with Gasteiger partial charge in [-0.15, -0.1) is 0 Å². The summed E-state index contributed by atoms with van der Waals surface area (Å²) in [5.41, 5.74) is 0. The van der Waals surface area contributed by atoms with Crippen molar-refractivity contribution < 1.29 is 19.2 Å². The van der Waals surface area contributed by atoms with E-state index in [1.807, 2.05) is 0 Å².